The average Bonchev–Trinajstić information content (AvgIpc) is 3.27. The largest absolute Gasteiger partial charge is 0.462 e. The summed E-state index contributed by atoms with van der Waals surface area (Å²) >= 11 is 1.59. The second kappa shape index (κ2) is 6.75. The summed E-state index contributed by atoms with van der Waals surface area (Å²) in [5, 5.41) is 3.85. The van der Waals surface area contributed by atoms with Crippen LogP contribution in [0.2, 0.25) is 0 Å². The predicted molar refractivity (Wildman–Crippen MR) is 99.0 cm³/mol. The summed E-state index contributed by atoms with van der Waals surface area (Å²) < 4.78 is 5.29. The van der Waals surface area contributed by atoms with E-state index in [9.17, 15) is 9.59 Å². The quantitative estimate of drug-likeness (QED) is 0.808. The van der Waals surface area contributed by atoms with Gasteiger partial charge < -0.3 is 10.1 Å². The van der Waals surface area contributed by atoms with Crippen LogP contribution in [0, 0.1) is 23.7 Å². The molecule has 5 heteroatoms. The number of amides is 1. The third-order valence-corrected chi connectivity index (χ3v) is 7.47. The standard InChI is InChI=1S/C20H27NO3S/c1-3-24-20(23)17-14-7-4-11(2)8-16(14)25-19(17)21-18(22)15-10-12-5-6-13(15)9-12/h11-13,15H,3-10H2,1-2H3,(H,21,22)/t11-,12+,13+,15-/m1/s1. The molecule has 1 amide bonds. The van der Waals surface area contributed by atoms with Gasteiger partial charge in [-0.3, -0.25) is 4.79 Å². The first-order valence-electron chi connectivity index (χ1n) is 9.69. The molecular weight excluding hydrogens is 334 g/mol. The van der Waals surface area contributed by atoms with Crippen LogP contribution in [0.15, 0.2) is 0 Å². The van der Waals surface area contributed by atoms with Gasteiger partial charge in [0.1, 0.15) is 5.00 Å². The van der Waals surface area contributed by atoms with E-state index in [1.54, 1.807) is 11.3 Å². The van der Waals surface area contributed by atoms with E-state index in [-0.39, 0.29) is 17.8 Å². The van der Waals surface area contributed by atoms with Crippen LogP contribution in [0.3, 0.4) is 0 Å². The number of esters is 1. The van der Waals surface area contributed by atoms with E-state index in [4.69, 9.17) is 4.74 Å². The van der Waals surface area contributed by atoms with Crippen molar-refractivity contribution in [1.82, 2.24) is 0 Å². The fraction of sp³-hybridized carbons (Fsp3) is 0.700. The highest BCUT2D eigenvalue weighted by Gasteiger charge is 2.43. The molecule has 2 bridgehead atoms. The number of ether oxygens (including phenoxy) is 1. The molecule has 3 aliphatic carbocycles. The van der Waals surface area contributed by atoms with Crippen LogP contribution in [0.5, 0.6) is 0 Å². The number of fused-ring (bicyclic) bond motifs is 3. The monoisotopic (exact) mass is 361 g/mol. The summed E-state index contributed by atoms with van der Waals surface area (Å²) in [5.41, 5.74) is 1.75. The highest BCUT2D eigenvalue weighted by Crippen LogP contribution is 2.49. The zero-order valence-electron chi connectivity index (χ0n) is 15.1. The predicted octanol–water partition coefficient (Wildman–Crippen LogP) is 4.42. The van der Waals surface area contributed by atoms with Gasteiger partial charge in [0.25, 0.3) is 0 Å². The minimum Gasteiger partial charge on any atom is -0.462 e. The van der Waals surface area contributed by atoms with Crippen molar-refractivity contribution in [2.45, 2.75) is 58.8 Å². The Bertz CT molecular complexity index is 695. The smallest absolute Gasteiger partial charge is 0.341 e. The lowest BCUT2D eigenvalue weighted by Crippen LogP contribution is -2.27. The van der Waals surface area contributed by atoms with Gasteiger partial charge in [0.05, 0.1) is 12.2 Å². The topological polar surface area (TPSA) is 55.4 Å². The Morgan fingerprint density at radius 1 is 1.24 bits per heavy atom. The van der Waals surface area contributed by atoms with Crippen LogP contribution < -0.4 is 5.32 Å². The molecule has 0 aliphatic heterocycles. The van der Waals surface area contributed by atoms with Crippen LogP contribution in [0.4, 0.5) is 5.00 Å². The maximum Gasteiger partial charge on any atom is 0.341 e. The molecule has 2 saturated carbocycles. The van der Waals surface area contributed by atoms with Crippen molar-refractivity contribution in [1.29, 1.82) is 0 Å². The van der Waals surface area contributed by atoms with Gasteiger partial charge in [0.2, 0.25) is 5.91 Å². The first-order chi connectivity index (χ1) is 12.1. The third-order valence-electron chi connectivity index (χ3n) is 6.30. The van der Waals surface area contributed by atoms with E-state index in [1.807, 2.05) is 6.92 Å². The van der Waals surface area contributed by atoms with Crippen LogP contribution in [-0.4, -0.2) is 18.5 Å². The zero-order chi connectivity index (χ0) is 17.6. The van der Waals surface area contributed by atoms with Crippen molar-refractivity contribution < 1.29 is 14.3 Å². The Kier molecular flexibility index (Phi) is 4.61. The molecule has 1 aromatic heterocycles. The third kappa shape index (κ3) is 3.12. The minimum atomic E-state index is -0.280. The van der Waals surface area contributed by atoms with Gasteiger partial charge in [-0.2, -0.15) is 0 Å². The summed E-state index contributed by atoms with van der Waals surface area (Å²) in [6.45, 7) is 4.44. The fourth-order valence-electron chi connectivity index (χ4n) is 5.03. The van der Waals surface area contributed by atoms with Gasteiger partial charge in [0.15, 0.2) is 0 Å². The van der Waals surface area contributed by atoms with E-state index in [1.165, 1.54) is 24.1 Å². The molecule has 25 heavy (non-hydrogen) atoms. The fourth-order valence-corrected chi connectivity index (χ4v) is 6.43. The van der Waals surface area contributed by atoms with Crippen LogP contribution in [0.1, 0.15) is 66.8 Å². The van der Waals surface area contributed by atoms with Gasteiger partial charge >= 0.3 is 5.97 Å². The van der Waals surface area contributed by atoms with E-state index in [2.05, 4.69) is 12.2 Å². The first kappa shape index (κ1) is 17.1. The second-order valence-electron chi connectivity index (χ2n) is 8.05. The van der Waals surface area contributed by atoms with Gasteiger partial charge in [-0.05, 0) is 68.8 Å². The number of rotatable bonds is 4. The normalized spacial score (nSPS) is 30.2. The highest BCUT2D eigenvalue weighted by atomic mass is 32.1. The molecule has 0 saturated heterocycles. The van der Waals surface area contributed by atoms with Crippen LogP contribution in [0.25, 0.3) is 0 Å². The number of carbonyl (C=O) groups excluding carboxylic acids is 2. The number of carbonyl (C=O) groups is 2. The Morgan fingerprint density at radius 3 is 2.76 bits per heavy atom. The van der Waals surface area contributed by atoms with Crippen molar-refractivity contribution in [2.24, 2.45) is 23.7 Å². The number of hydrogen-bond donors (Lipinski definition) is 1. The molecule has 4 rings (SSSR count). The van der Waals surface area contributed by atoms with Gasteiger partial charge in [-0.15, -0.1) is 11.3 Å². The van der Waals surface area contributed by atoms with Crippen LogP contribution >= 0.6 is 11.3 Å². The molecule has 4 nitrogen and oxygen atoms in total. The molecule has 1 heterocycles. The molecule has 3 aliphatic rings. The SMILES string of the molecule is CCOC(=O)c1c(NC(=O)[C@@H]2C[C@H]3CC[C@H]2C3)sc2c1CC[C@@H](C)C2. The van der Waals surface area contributed by atoms with Gasteiger partial charge in [0, 0.05) is 10.8 Å². The Morgan fingerprint density at radius 2 is 2.08 bits per heavy atom. The van der Waals surface area contributed by atoms with Crippen molar-refractivity contribution in [3.8, 4) is 0 Å². The Balaban J connectivity index is 1.59. The number of nitrogens with one attached hydrogen (secondary N) is 1. The second-order valence-corrected chi connectivity index (χ2v) is 9.15. The Labute approximate surface area is 153 Å². The molecule has 0 radical (unpaired) electrons. The molecule has 0 aromatic carbocycles. The molecule has 1 N–H and O–H groups in total. The summed E-state index contributed by atoms with van der Waals surface area (Å²) in [6, 6.07) is 0. The van der Waals surface area contributed by atoms with E-state index in [0.717, 1.165) is 42.2 Å². The summed E-state index contributed by atoms with van der Waals surface area (Å²) in [4.78, 5) is 26.7. The maximum absolute atomic E-state index is 12.9. The summed E-state index contributed by atoms with van der Waals surface area (Å²) in [6.07, 6.45) is 7.70. The van der Waals surface area contributed by atoms with Crippen molar-refractivity contribution in [3.05, 3.63) is 16.0 Å². The van der Waals surface area contributed by atoms with E-state index in [0.29, 0.717) is 24.0 Å². The number of hydrogen-bond acceptors (Lipinski definition) is 4. The van der Waals surface area contributed by atoms with Crippen LogP contribution in [-0.2, 0) is 22.4 Å². The average molecular weight is 362 g/mol. The minimum absolute atomic E-state index is 0.115. The molecule has 0 unspecified atom stereocenters. The van der Waals surface area contributed by atoms with Crippen molar-refractivity contribution >= 4 is 28.2 Å². The lowest BCUT2D eigenvalue weighted by molar-refractivity contribution is -0.121. The number of anilines is 1. The summed E-state index contributed by atoms with van der Waals surface area (Å²) in [5.74, 6) is 1.89. The van der Waals surface area contributed by atoms with Gasteiger partial charge in [-0.25, -0.2) is 4.79 Å². The van der Waals surface area contributed by atoms with Crippen molar-refractivity contribution in [2.75, 3.05) is 11.9 Å². The first-order valence-corrected chi connectivity index (χ1v) is 10.5. The maximum atomic E-state index is 12.9. The number of thiophene rings is 1. The molecule has 136 valence electrons. The molecular formula is C20H27NO3S. The lowest BCUT2D eigenvalue weighted by Gasteiger charge is -2.20. The zero-order valence-corrected chi connectivity index (χ0v) is 15.9. The molecule has 0 spiro atoms. The van der Waals surface area contributed by atoms with Crippen molar-refractivity contribution in [3.63, 3.8) is 0 Å². The summed E-state index contributed by atoms with van der Waals surface area (Å²) in [7, 11) is 0. The molecule has 4 atom stereocenters. The lowest BCUT2D eigenvalue weighted by atomic mass is 9.87. The molecule has 2 fully saturated rings. The highest BCUT2D eigenvalue weighted by molar-refractivity contribution is 7.17. The van der Waals surface area contributed by atoms with Gasteiger partial charge in [-0.1, -0.05) is 13.3 Å². The Hall–Kier alpha value is -1.36. The van der Waals surface area contributed by atoms with E-state index >= 15 is 0 Å². The molecule has 1 aromatic rings. The van der Waals surface area contributed by atoms with E-state index < -0.39 is 0 Å².